The molecule has 0 aliphatic carbocycles. The second kappa shape index (κ2) is 7.61. The van der Waals surface area contributed by atoms with Crippen molar-refractivity contribution in [2.45, 2.75) is 13.5 Å². The molecule has 0 N–H and O–H groups in total. The van der Waals surface area contributed by atoms with Gasteiger partial charge in [-0.05, 0) is 37.3 Å². The lowest BCUT2D eigenvalue weighted by atomic mass is 10.2. The van der Waals surface area contributed by atoms with Gasteiger partial charge in [-0.2, -0.15) is 4.99 Å². The number of thiazole rings is 1. The maximum absolute atomic E-state index is 12.8. The number of para-hydroxylation sites is 1. The number of benzene rings is 2. The molecule has 26 heavy (non-hydrogen) atoms. The summed E-state index contributed by atoms with van der Waals surface area (Å²) in [6.45, 7) is 2.72. The van der Waals surface area contributed by atoms with Gasteiger partial charge in [0.1, 0.15) is 5.75 Å². The summed E-state index contributed by atoms with van der Waals surface area (Å²) in [5.41, 5.74) is 1.38. The first-order valence-electron chi connectivity index (χ1n) is 8.10. The van der Waals surface area contributed by atoms with Gasteiger partial charge in [0.05, 0.1) is 37.1 Å². The fourth-order valence-corrected chi connectivity index (χ4v) is 3.89. The number of hydrogen-bond acceptors (Lipinski definition) is 5. The number of methoxy groups -OCH3 is 3. The summed E-state index contributed by atoms with van der Waals surface area (Å²) < 4.78 is 18.9. The number of ether oxygens (including phenoxy) is 3. The SMILES string of the molecule is CCn1c(=NC(=O)c2cccc(OC)c2OC)sc2cc(OC)ccc21. The highest BCUT2D eigenvalue weighted by Gasteiger charge is 2.16. The minimum absolute atomic E-state index is 0.365. The molecular weight excluding hydrogens is 352 g/mol. The zero-order chi connectivity index (χ0) is 18.7. The highest BCUT2D eigenvalue weighted by atomic mass is 32.1. The second-order valence-corrected chi connectivity index (χ2v) is 6.43. The summed E-state index contributed by atoms with van der Waals surface area (Å²) in [7, 11) is 4.67. The van der Waals surface area contributed by atoms with Gasteiger partial charge in [0, 0.05) is 6.54 Å². The summed E-state index contributed by atoms with van der Waals surface area (Å²) in [6.07, 6.45) is 0. The Morgan fingerprint density at radius 3 is 2.58 bits per heavy atom. The Kier molecular flexibility index (Phi) is 5.27. The lowest BCUT2D eigenvalue weighted by Gasteiger charge is -2.09. The van der Waals surface area contributed by atoms with Gasteiger partial charge in [0.25, 0.3) is 5.91 Å². The molecule has 1 amide bonds. The van der Waals surface area contributed by atoms with E-state index in [-0.39, 0.29) is 5.91 Å². The van der Waals surface area contributed by atoms with Crippen molar-refractivity contribution in [2.24, 2.45) is 4.99 Å². The molecule has 0 saturated carbocycles. The molecule has 0 bridgehead atoms. The molecule has 3 rings (SSSR count). The average Bonchev–Trinajstić information content (AvgIpc) is 3.02. The van der Waals surface area contributed by atoms with Crippen LogP contribution in [0.5, 0.6) is 17.2 Å². The molecule has 2 aromatic carbocycles. The number of carbonyl (C=O) groups excluding carboxylic acids is 1. The van der Waals surface area contributed by atoms with Crippen LogP contribution in [-0.4, -0.2) is 31.8 Å². The molecular formula is C19H20N2O4S. The number of aryl methyl sites for hydroxylation is 1. The van der Waals surface area contributed by atoms with Crippen LogP contribution in [-0.2, 0) is 6.54 Å². The number of nitrogens with zero attached hydrogens (tertiary/aromatic N) is 2. The molecule has 0 fully saturated rings. The third kappa shape index (κ3) is 3.17. The van der Waals surface area contributed by atoms with Crippen LogP contribution in [0.1, 0.15) is 17.3 Å². The van der Waals surface area contributed by atoms with Crippen molar-refractivity contribution < 1.29 is 19.0 Å². The Labute approximate surface area is 155 Å². The summed E-state index contributed by atoms with van der Waals surface area (Å²) in [4.78, 5) is 17.8. The van der Waals surface area contributed by atoms with Crippen molar-refractivity contribution in [3.8, 4) is 17.2 Å². The highest BCUT2D eigenvalue weighted by Crippen LogP contribution is 2.31. The van der Waals surface area contributed by atoms with Gasteiger partial charge >= 0.3 is 0 Å². The van der Waals surface area contributed by atoms with E-state index in [1.54, 1.807) is 25.3 Å². The number of amides is 1. The minimum atomic E-state index is -0.374. The number of hydrogen-bond donors (Lipinski definition) is 0. The third-order valence-corrected chi connectivity index (χ3v) is 5.08. The molecule has 1 aromatic heterocycles. The van der Waals surface area contributed by atoms with Gasteiger partial charge in [0.2, 0.25) is 0 Å². The van der Waals surface area contributed by atoms with Crippen LogP contribution in [0, 0.1) is 0 Å². The van der Waals surface area contributed by atoms with E-state index in [9.17, 15) is 4.79 Å². The monoisotopic (exact) mass is 372 g/mol. The van der Waals surface area contributed by atoms with E-state index >= 15 is 0 Å². The number of aromatic nitrogens is 1. The van der Waals surface area contributed by atoms with Crippen molar-refractivity contribution in [1.29, 1.82) is 0 Å². The fraction of sp³-hybridized carbons (Fsp3) is 0.263. The van der Waals surface area contributed by atoms with Crippen molar-refractivity contribution in [1.82, 2.24) is 4.57 Å². The van der Waals surface area contributed by atoms with Crippen LogP contribution in [0.3, 0.4) is 0 Å². The molecule has 0 unspecified atom stereocenters. The van der Waals surface area contributed by atoms with Crippen LogP contribution in [0.25, 0.3) is 10.2 Å². The molecule has 0 saturated heterocycles. The average molecular weight is 372 g/mol. The molecule has 0 aliphatic rings. The summed E-state index contributed by atoms with van der Waals surface area (Å²) in [5, 5.41) is 0. The predicted molar refractivity (Wildman–Crippen MR) is 101 cm³/mol. The first-order chi connectivity index (χ1) is 12.6. The van der Waals surface area contributed by atoms with Crippen molar-refractivity contribution in [3.63, 3.8) is 0 Å². The Bertz CT molecular complexity index is 1020. The maximum Gasteiger partial charge on any atom is 0.283 e. The second-order valence-electron chi connectivity index (χ2n) is 5.42. The van der Waals surface area contributed by atoms with Crippen LogP contribution in [0.2, 0.25) is 0 Å². The molecule has 6 nitrogen and oxygen atoms in total. The smallest absolute Gasteiger partial charge is 0.283 e. The number of rotatable bonds is 5. The Hall–Kier alpha value is -2.80. The van der Waals surface area contributed by atoms with Crippen molar-refractivity contribution in [3.05, 3.63) is 46.8 Å². The predicted octanol–water partition coefficient (Wildman–Crippen LogP) is 3.49. The lowest BCUT2D eigenvalue weighted by molar-refractivity contribution is 0.0994. The molecule has 0 aliphatic heterocycles. The lowest BCUT2D eigenvalue weighted by Crippen LogP contribution is -2.16. The Morgan fingerprint density at radius 2 is 1.92 bits per heavy atom. The van der Waals surface area contributed by atoms with Crippen LogP contribution in [0.15, 0.2) is 41.4 Å². The zero-order valence-corrected chi connectivity index (χ0v) is 15.9. The molecule has 7 heteroatoms. The van der Waals surface area contributed by atoms with Crippen molar-refractivity contribution >= 4 is 27.5 Å². The van der Waals surface area contributed by atoms with E-state index in [1.807, 2.05) is 29.7 Å². The van der Waals surface area contributed by atoms with Gasteiger partial charge < -0.3 is 18.8 Å². The van der Waals surface area contributed by atoms with E-state index in [4.69, 9.17) is 14.2 Å². The highest BCUT2D eigenvalue weighted by molar-refractivity contribution is 7.16. The molecule has 0 spiro atoms. The molecule has 136 valence electrons. The normalized spacial score (nSPS) is 11.6. The summed E-state index contributed by atoms with van der Waals surface area (Å²) in [6, 6.07) is 11.0. The number of fused-ring (bicyclic) bond motifs is 1. The topological polar surface area (TPSA) is 62.1 Å². The maximum atomic E-state index is 12.8. The molecule has 1 heterocycles. The van der Waals surface area contributed by atoms with E-state index in [0.29, 0.717) is 28.4 Å². The van der Waals surface area contributed by atoms with Gasteiger partial charge in [-0.3, -0.25) is 4.79 Å². The zero-order valence-electron chi connectivity index (χ0n) is 15.1. The van der Waals surface area contributed by atoms with Crippen LogP contribution in [0.4, 0.5) is 0 Å². The summed E-state index contributed by atoms with van der Waals surface area (Å²) in [5.74, 6) is 1.28. The molecule has 0 radical (unpaired) electrons. The van der Waals surface area contributed by atoms with Gasteiger partial charge in [-0.15, -0.1) is 0 Å². The van der Waals surface area contributed by atoms with E-state index < -0.39 is 0 Å². The summed E-state index contributed by atoms with van der Waals surface area (Å²) >= 11 is 1.45. The standard InChI is InChI=1S/C19H20N2O4S/c1-5-21-14-10-9-12(23-2)11-16(14)26-19(21)20-18(22)13-7-6-8-15(24-3)17(13)25-4/h6-11H,5H2,1-4H3. The van der Waals surface area contributed by atoms with Gasteiger partial charge in [0.15, 0.2) is 16.3 Å². The first kappa shape index (κ1) is 18.0. The first-order valence-corrected chi connectivity index (χ1v) is 8.92. The molecule has 3 aromatic rings. The van der Waals surface area contributed by atoms with Crippen LogP contribution >= 0.6 is 11.3 Å². The Morgan fingerprint density at radius 1 is 1.12 bits per heavy atom. The fourth-order valence-electron chi connectivity index (χ4n) is 2.77. The van der Waals surface area contributed by atoms with Gasteiger partial charge in [-0.25, -0.2) is 0 Å². The van der Waals surface area contributed by atoms with E-state index in [2.05, 4.69) is 4.99 Å². The van der Waals surface area contributed by atoms with Crippen LogP contribution < -0.4 is 19.0 Å². The number of carbonyl (C=O) groups is 1. The van der Waals surface area contributed by atoms with E-state index in [0.717, 1.165) is 16.0 Å². The molecule has 0 atom stereocenters. The Balaban J connectivity index is 2.14. The van der Waals surface area contributed by atoms with Crippen molar-refractivity contribution in [2.75, 3.05) is 21.3 Å². The largest absolute Gasteiger partial charge is 0.497 e. The quantitative estimate of drug-likeness (QED) is 0.688. The van der Waals surface area contributed by atoms with E-state index in [1.165, 1.54) is 25.6 Å². The minimum Gasteiger partial charge on any atom is -0.497 e. The van der Waals surface area contributed by atoms with Gasteiger partial charge in [-0.1, -0.05) is 17.4 Å². The third-order valence-electron chi connectivity index (χ3n) is 4.04.